The molecule has 0 aliphatic heterocycles. The minimum absolute atomic E-state index is 0.378. The highest BCUT2D eigenvalue weighted by molar-refractivity contribution is 5.29. The Balaban J connectivity index is 1.74. The van der Waals surface area contributed by atoms with Crippen molar-refractivity contribution in [3.63, 3.8) is 0 Å². The van der Waals surface area contributed by atoms with Crippen LogP contribution in [0, 0.1) is 11.6 Å². The number of hydrogen-bond acceptors (Lipinski definition) is 2. The Kier molecular flexibility index (Phi) is 5.07. The van der Waals surface area contributed by atoms with Gasteiger partial charge in [-0.15, -0.1) is 0 Å². The molecule has 106 valence electrons. The van der Waals surface area contributed by atoms with Crippen LogP contribution in [0.15, 0.2) is 42.5 Å². The predicted octanol–water partition coefficient (Wildman–Crippen LogP) is 3.39. The van der Waals surface area contributed by atoms with Crippen molar-refractivity contribution in [3.05, 3.63) is 65.2 Å². The average Bonchev–Trinajstić information content (AvgIpc) is 2.45. The summed E-state index contributed by atoms with van der Waals surface area (Å²) in [6.07, 6.45) is 1.92. The second kappa shape index (κ2) is 7.01. The van der Waals surface area contributed by atoms with Gasteiger partial charge in [0.15, 0.2) is 17.4 Å². The van der Waals surface area contributed by atoms with Crippen LogP contribution >= 0.6 is 0 Å². The molecule has 2 rings (SSSR count). The lowest BCUT2D eigenvalue weighted by atomic mass is 10.1. The first-order chi connectivity index (χ1) is 9.66. The van der Waals surface area contributed by atoms with Crippen LogP contribution in [0.2, 0.25) is 0 Å². The van der Waals surface area contributed by atoms with E-state index in [-0.39, 0.29) is 0 Å². The zero-order chi connectivity index (χ0) is 14.4. The van der Waals surface area contributed by atoms with Crippen LogP contribution in [0.3, 0.4) is 0 Å². The van der Waals surface area contributed by atoms with E-state index in [9.17, 15) is 8.78 Å². The maximum atomic E-state index is 13.1. The van der Waals surface area contributed by atoms with Gasteiger partial charge in [-0.05, 0) is 42.6 Å². The van der Waals surface area contributed by atoms with Gasteiger partial charge in [0.25, 0.3) is 0 Å². The van der Waals surface area contributed by atoms with E-state index in [4.69, 9.17) is 5.11 Å². The monoisotopic (exact) mass is 277 g/mol. The van der Waals surface area contributed by atoms with Crippen LogP contribution in [0.1, 0.15) is 17.5 Å². The number of aromatic hydroxyl groups is 1. The Labute approximate surface area is 117 Å². The molecule has 2 aromatic rings. The minimum Gasteiger partial charge on any atom is -0.503 e. The number of nitrogens with one attached hydrogen (secondary N) is 1. The van der Waals surface area contributed by atoms with E-state index in [1.54, 1.807) is 0 Å². The van der Waals surface area contributed by atoms with Crippen molar-refractivity contribution in [2.75, 3.05) is 6.54 Å². The van der Waals surface area contributed by atoms with Crippen molar-refractivity contribution < 1.29 is 13.9 Å². The topological polar surface area (TPSA) is 32.3 Å². The first kappa shape index (κ1) is 14.5. The van der Waals surface area contributed by atoms with Gasteiger partial charge in [0.2, 0.25) is 0 Å². The van der Waals surface area contributed by atoms with Crippen molar-refractivity contribution in [1.82, 2.24) is 5.32 Å². The lowest BCUT2D eigenvalue weighted by molar-refractivity contribution is 0.395. The quantitative estimate of drug-likeness (QED) is 0.793. The number of halogens is 2. The van der Waals surface area contributed by atoms with Crippen LogP contribution in [0.25, 0.3) is 0 Å². The molecule has 0 aromatic heterocycles. The molecule has 2 aromatic carbocycles. The van der Waals surface area contributed by atoms with Crippen molar-refractivity contribution in [3.8, 4) is 5.75 Å². The lowest BCUT2D eigenvalue weighted by Gasteiger charge is -2.06. The van der Waals surface area contributed by atoms with E-state index in [2.05, 4.69) is 17.4 Å². The number of aryl methyl sites for hydroxylation is 1. The van der Waals surface area contributed by atoms with E-state index in [0.29, 0.717) is 12.1 Å². The highest BCUT2D eigenvalue weighted by atomic mass is 19.1. The summed E-state index contributed by atoms with van der Waals surface area (Å²) in [5.41, 5.74) is 1.76. The highest BCUT2D eigenvalue weighted by Gasteiger charge is 2.08. The summed E-state index contributed by atoms with van der Waals surface area (Å²) in [4.78, 5) is 0. The average molecular weight is 277 g/mol. The Morgan fingerprint density at radius 2 is 1.60 bits per heavy atom. The van der Waals surface area contributed by atoms with Gasteiger partial charge in [0, 0.05) is 6.54 Å². The van der Waals surface area contributed by atoms with Gasteiger partial charge in [0.1, 0.15) is 0 Å². The van der Waals surface area contributed by atoms with E-state index in [1.165, 1.54) is 5.56 Å². The van der Waals surface area contributed by atoms with Crippen LogP contribution in [0.4, 0.5) is 8.78 Å². The van der Waals surface area contributed by atoms with Crippen molar-refractivity contribution in [2.24, 2.45) is 0 Å². The second-order valence-corrected chi connectivity index (χ2v) is 4.67. The molecule has 0 bridgehead atoms. The summed E-state index contributed by atoms with van der Waals surface area (Å²) in [5, 5.41) is 12.1. The first-order valence-electron chi connectivity index (χ1n) is 6.58. The summed E-state index contributed by atoms with van der Waals surface area (Å²) < 4.78 is 26.2. The molecule has 0 aliphatic rings. The standard InChI is InChI=1S/C16H17F2NO/c17-14-9-13(10-15(18)16(14)20)11-19-8-4-7-12-5-2-1-3-6-12/h1-3,5-6,9-10,19-20H,4,7-8,11H2. The normalized spacial score (nSPS) is 10.7. The van der Waals surface area contributed by atoms with Crippen LogP contribution < -0.4 is 5.32 Å². The fraction of sp³-hybridized carbons (Fsp3) is 0.250. The van der Waals surface area contributed by atoms with E-state index in [0.717, 1.165) is 31.5 Å². The maximum absolute atomic E-state index is 13.1. The van der Waals surface area contributed by atoms with E-state index < -0.39 is 17.4 Å². The third-order valence-corrected chi connectivity index (χ3v) is 3.07. The third-order valence-electron chi connectivity index (χ3n) is 3.07. The molecule has 20 heavy (non-hydrogen) atoms. The van der Waals surface area contributed by atoms with Gasteiger partial charge < -0.3 is 10.4 Å². The zero-order valence-corrected chi connectivity index (χ0v) is 11.1. The maximum Gasteiger partial charge on any atom is 0.187 e. The van der Waals surface area contributed by atoms with Crippen LogP contribution in [0.5, 0.6) is 5.75 Å². The molecular formula is C16H17F2NO. The number of phenols is 1. The molecule has 0 saturated heterocycles. The largest absolute Gasteiger partial charge is 0.503 e. The predicted molar refractivity (Wildman–Crippen MR) is 74.5 cm³/mol. The zero-order valence-electron chi connectivity index (χ0n) is 11.1. The number of hydrogen-bond donors (Lipinski definition) is 2. The van der Waals surface area contributed by atoms with Gasteiger partial charge in [-0.25, -0.2) is 8.78 Å². The molecule has 4 heteroatoms. The van der Waals surface area contributed by atoms with Gasteiger partial charge in [-0.1, -0.05) is 30.3 Å². The Hall–Kier alpha value is -1.94. The highest BCUT2D eigenvalue weighted by Crippen LogP contribution is 2.21. The summed E-state index contributed by atoms with van der Waals surface area (Å²) in [6.45, 7) is 1.14. The van der Waals surface area contributed by atoms with E-state index in [1.807, 2.05) is 18.2 Å². The Bertz CT molecular complexity index is 535. The fourth-order valence-corrected chi connectivity index (χ4v) is 2.01. The summed E-state index contributed by atoms with van der Waals surface area (Å²) in [6, 6.07) is 12.4. The molecule has 0 radical (unpaired) electrons. The van der Waals surface area contributed by atoms with Crippen molar-refractivity contribution in [1.29, 1.82) is 0 Å². The summed E-state index contributed by atoms with van der Waals surface area (Å²) >= 11 is 0. The Morgan fingerprint density at radius 3 is 2.25 bits per heavy atom. The van der Waals surface area contributed by atoms with Crippen LogP contribution in [-0.4, -0.2) is 11.7 Å². The molecule has 0 unspecified atom stereocenters. The molecular weight excluding hydrogens is 260 g/mol. The molecule has 0 spiro atoms. The molecule has 0 heterocycles. The number of phenolic OH excluding ortho intramolecular Hbond substituents is 1. The van der Waals surface area contributed by atoms with Gasteiger partial charge in [-0.2, -0.15) is 0 Å². The molecule has 0 atom stereocenters. The molecule has 0 fully saturated rings. The van der Waals surface area contributed by atoms with Gasteiger partial charge in [-0.3, -0.25) is 0 Å². The SMILES string of the molecule is Oc1c(F)cc(CNCCCc2ccccc2)cc1F. The van der Waals surface area contributed by atoms with Crippen LogP contribution in [-0.2, 0) is 13.0 Å². The summed E-state index contributed by atoms with van der Waals surface area (Å²) in [5.74, 6) is -2.77. The fourth-order valence-electron chi connectivity index (χ4n) is 2.01. The number of benzene rings is 2. The number of rotatable bonds is 6. The molecule has 0 saturated carbocycles. The van der Waals surface area contributed by atoms with Gasteiger partial charge in [0.05, 0.1) is 0 Å². The van der Waals surface area contributed by atoms with Gasteiger partial charge >= 0.3 is 0 Å². The third kappa shape index (κ3) is 4.03. The first-order valence-corrected chi connectivity index (χ1v) is 6.58. The Morgan fingerprint density at radius 1 is 0.950 bits per heavy atom. The van der Waals surface area contributed by atoms with Crippen molar-refractivity contribution >= 4 is 0 Å². The lowest BCUT2D eigenvalue weighted by Crippen LogP contribution is -2.15. The molecule has 2 nitrogen and oxygen atoms in total. The molecule has 0 amide bonds. The minimum atomic E-state index is -0.925. The second-order valence-electron chi connectivity index (χ2n) is 4.67. The molecule has 0 aliphatic carbocycles. The van der Waals surface area contributed by atoms with E-state index >= 15 is 0 Å². The van der Waals surface area contributed by atoms with Crippen molar-refractivity contribution in [2.45, 2.75) is 19.4 Å². The summed E-state index contributed by atoms with van der Waals surface area (Å²) in [7, 11) is 0. The smallest absolute Gasteiger partial charge is 0.187 e. The molecule has 2 N–H and O–H groups in total.